The lowest BCUT2D eigenvalue weighted by Crippen LogP contribution is -2.61. The van der Waals surface area contributed by atoms with Crippen molar-refractivity contribution in [2.24, 2.45) is 11.1 Å². The van der Waals surface area contributed by atoms with Gasteiger partial charge in [0, 0.05) is 31.4 Å². The molecular formula is C14H25NO3. The molecule has 104 valence electrons. The lowest BCUT2D eigenvalue weighted by atomic mass is 9.59. The van der Waals surface area contributed by atoms with E-state index in [2.05, 4.69) is 6.92 Å². The maximum Gasteiger partial charge on any atom is 0.0788 e. The molecule has 0 aromatic carbocycles. The first-order valence-corrected chi connectivity index (χ1v) is 7.33. The minimum Gasteiger partial charge on any atom is -0.389 e. The fourth-order valence-corrected chi connectivity index (χ4v) is 4.34. The quantitative estimate of drug-likeness (QED) is 0.795. The van der Waals surface area contributed by atoms with Crippen LogP contribution in [0.1, 0.15) is 45.4 Å². The number of ether oxygens (including phenoxy) is 2. The molecule has 0 aliphatic carbocycles. The average Bonchev–Trinajstić information content (AvgIpc) is 2.99. The minimum absolute atomic E-state index is 0.160. The first kappa shape index (κ1) is 12.9. The zero-order valence-electron chi connectivity index (χ0n) is 11.2. The van der Waals surface area contributed by atoms with E-state index in [-0.39, 0.29) is 17.6 Å². The molecule has 5 atom stereocenters. The van der Waals surface area contributed by atoms with Crippen LogP contribution < -0.4 is 5.73 Å². The Kier molecular flexibility index (Phi) is 3.17. The predicted molar refractivity (Wildman–Crippen MR) is 68.2 cm³/mol. The molecule has 0 spiro atoms. The molecule has 2 bridgehead atoms. The van der Waals surface area contributed by atoms with Crippen molar-refractivity contribution >= 4 is 0 Å². The zero-order valence-corrected chi connectivity index (χ0v) is 11.2. The Morgan fingerprint density at radius 2 is 2.17 bits per heavy atom. The highest BCUT2D eigenvalue weighted by molar-refractivity contribution is 5.12. The SMILES string of the molecule is CCC1CC(O)(C2(CN)CC3CCC2O3)CCO1. The molecule has 3 aliphatic rings. The summed E-state index contributed by atoms with van der Waals surface area (Å²) < 4.78 is 11.7. The maximum absolute atomic E-state index is 11.2. The molecule has 0 aromatic rings. The molecule has 4 heteroatoms. The van der Waals surface area contributed by atoms with Crippen molar-refractivity contribution in [1.29, 1.82) is 0 Å². The minimum atomic E-state index is -0.694. The summed E-state index contributed by atoms with van der Waals surface area (Å²) in [6, 6.07) is 0. The van der Waals surface area contributed by atoms with Crippen LogP contribution in [0.25, 0.3) is 0 Å². The monoisotopic (exact) mass is 255 g/mol. The largest absolute Gasteiger partial charge is 0.389 e. The second-order valence-corrected chi connectivity index (χ2v) is 6.28. The van der Waals surface area contributed by atoms with Gasteiger partial charge in [0.25, 0.3) is 0 Å². The van der Waals surface area contributed by atoms with Gasteiger partial charge >= 0.3 is 0 Å². The number of rotatable bonds is 3. The van der Waals surface area contributed by atoms with Gasteiger partial charge in [0.1, 0.15) is 0 Å². The van der Waals surface area contributed by atoms with Crippen LogP contribution in [0.5, 0.6) is 0 Å². The molecule has 3 aliphatic heterocycles. The van der Waals surface area contributed by atoms with Gasteiger partial charge in [-0.2, -0.15) is 0 Å². The van der Waals surface area contributed by atoms with Crippen molar-refractivity contribution in [3.8, 4) is 0 Å². The maximum atomic E-state index is 11.2. The summed E-state index contributed by atoms with van der Waals surface area (Å²) in [7, 11) is 0. The number of hydrogen-bond acceptors (Lipinski definition) is 4. The third-order valence-corrected chi connectivity index (χ3v) is 5.50. The van der Waals surface area contributed by atoms with Gasteiger partial charge in [0.15, 0.2) is 0 Å². The van der Waals surface area contributed by atoms with Gasteiger partial charge in [-0.25, -0.2) is 0 Å². The summed E-state index contributed by atoms with van der Waals surface area (Å²) in [4.78, 5) is 0. The highest BCUT2D eigenvalue weighted by Gasteiger charge is 2.62. The van der Waals surface area contributed by atoms with Crippen LogP contribution in [0.2, 0.25) is 0 Å². The van der Waals surface area contributed by atoms with Crippen molar-refractivity contribution in [3.05, 3.63) is 0 Å². The van der Waals surface area contributed by atoms with Gasteiger partial charge < -0.3 is 20.3 Å². The molecule has 3 fully saturated rings. The number of aliphatic hydroxyl groups is 1. The number of hydrogen-bond donors (Lipinski definition) is 2. The molecule has 0 amide bonds. The van der Waals surface area contributed by atoms with Gasteiger partial charge in [-0.1, -0.05) is 6.92 Å². The summed E-state index contributed by atoms with van der Waals surface area (Å²) in [5.41, 5.74) is 5.15. The van der Waals surface area contributed by atoms with E-state index in [9.17, 15) is 5.11 Å². The fraction of sp³-hybridized carbons (Fsp3) is 1.00. The molecule has 3 N–H and O–H groups in total. The molecule has 4 nitrogen and oxygen atoms in total. The van der Waals surface area contributed by atoms with Crippen LogP contribution in [-0.4, -0.2) is 42.2 Å². The highest BCUT2D eigenvalue weighted by atomic mass is 16.5. The van der Waals surface area contributed by atoms with Crippen LogP contribution in [0.4, 0.5) is 0 Å². The number of fused-ring (bicyclic) bond motifs is 2. The Morgan fingerprint density at radius 1 is 1.33 bits per heavy atom. The molecule has 0 saturated carbocycles. The smallest absolute Gasteiger partial charge is 0.0788 e. The Balaban J connectivity index is 1.86. The third kappa shape index (κ3) is 1.66. The topological polar surface area (TPSA) is 64.7 Å². The highest BCUT2D eigenvalue weighted by Crippen LogP contribution is 2.56. The Morgan fingerprint density at radius 3 is 2.72 bits per heavy atom. The average molecular weight is 255 g/mol. The van der Waals surface area contributed by atoms with E-state index in [1.165, 1.54) is 0 Å². The van der Waals surface area contributed by atoms with Crippen molar-refractivity contribution < 1.29 is 14.6 Å². The van der Waals surface area contributed by atoms with Crippen LogP contribution in [0, 0.1) is 5.41 Å². The summed E-state index contributed by atoms with van der Waals surface area (Å²) in [5, 5.41) is 11.2. The van der Waals surface area contributed by atoms with Crippen molar-refractivity contribution in [1.82, 2.24) is 0 Å². The molecule has 3 rings (SSSR count). The normalized spacial score (nSPS) is 51.8. The van der Waals surface area contributed by atoms with E-state index >= 15 is 0 Å². The molecule has 3 heterocycles. The first-order chi connectivity index (χ1) is 8.63. The molecule has 18 heavy (non-hydrogen) atoms. The van der Waals surface area contributed by atoms with E-state index in [0.29, 0.717) is 32.1 Å². The lowest BCUT2D eigenvalue weighted by molar-refractivity contribution is -0.180. The standard InChI is InChI=1S/C14H25NO3/c1-2-10-8-14(16,5-6-17-10)13(9-15)7-11-3-4-12(13)18-11/h10-12,16H,2-9,15H2,1H3. The lowest BCUT2D eigenvalue weighted by Gasteiger charge is -2.51. The Bertz CT molecular complexity index is 324. The Hall–Kier alpha value is -0.160. The first-order valence-electron chi connectivity index (χ1n) is 7.33. The molecule has 0 radical (unpaired) electrons. The van der Waals surface area contributed by atoms with Gasteiger partial charge in [0.2, 0.25) is 0 Å². The predicted octanol–water partition coefficient (Wildman–Crippen LogP) is 1.20. The number of nitrogens with two attached hydrogens (primary N) is 1. The van der Waals surface area contributed by atoms with Crippen LogP contribution in [0.15, 0.2) is 0 Å². The van der Waals surface area contributed by atoms with E-state index in [4.69, 9.17) is 15.2 Å². The van der Waals surface area contributed by atoms with Gasteiger partial charge in [0.05, 0.1) is 23.9 Å². The molecule has 5 unspecified atom stereocenters. The molecular weight excluding hydrogens is 230 g/mol. The van der Waals surface area contributed by atoms with Crippen LogP contribution >= 0.6 is 0 Å². The van der Waals surface area contributed by atoms with E-state index < -0.39 is 5.60 Å². The summed E-state index contributed by atoms with van der Waals surface area (Å²) >= 11 is 0. The summed E-state index contributed by atoms with van der Waals surface area (Å²) in [6.07, 6.45) is 6.15. The molecule has 0 aromatic heterocycles. The van der Waals surface area contributed by atoms with Crippen LogP contribution in [-0.2, 0) is 9.47 Å². The third-order valence-electron chi connectivity index (χ3n) is 5.50. The summed E-state index contributed by atoms with van der Waals surface area (Å²) in [5.74, 6) is 0. The van der Waals surface area contributed by atoms with Gasteiger partial charge in [-0.05, 0) is 25.7 Å². The summed E-state index contributed by atoms with van der Waals surface area (Å²) in [6.45, 7) is 3.29. The van der Waals surface area contributed by atoms with Crippen molar-refractivity contribution in [2.45, 2.75) is 69.4 Å². The second kappa shape index (κ2) is 4.44. The second-order valence-electron chi connectivity index (χ2n) is 6.28. The van der Waals surface area contributed by atoms with Crippen molar-refractivity contribution in [3.63, 3.8) is 0 Å². The van der Waals surface area contributed by atoms with Gasteiger partial charge in [-0.3, -0.25) is 0 Å². The van der Waals surface area contributed by atoms with E-state index in [0.717, 1.165) is 25.7 Å². The Labute approximate surface area is 109 Å². The molecule has 3 saturated heterocycles. The zero-order chi connectivity index (χ0) is 12.8. The van der Waals surface area contributed by atoms with Crippen LogP contribution in [0.3, 0.4) is 0 Å². The fourth-order valence-electron chi connectivity index (χ4n) is 4.34. The van der Waals surface area contributed by atoms with Crippen molar-refractivity contribution in [2.75, 3.05) is 13.2 Å². The van der Waals surface area contributed by atoms with Gasteiger partial charge in [-0.15, -0.1) is 0 Å². The van der Waals surface area contributed by atoms with E-state index in [1.807, 2.05) is 0 Å². The van der Waals surface area contributed by atoms with E-state index in [1.54, 1.807) is 0 Å².